The van der Waals surface area contributed by atoms with Crippen molar-refractivity contribution in [1.82, 2.24) is 4.90 Å². The Morgan fingerprint density at radius 2 is 1.74 bits per heavy atom. The predicted octanol–water partition coefficient (Wildman–Crippen LogP) is 2.54. The molecule has 0 radical (unpaired) electrons. The fraction of sp³-hybridized carbons (Fsp3) is 0.955. The van der Waals surface area contributed by atoms with Gasteiger partial charge in [-0.25, -0.2) is 0 Å². The van der Waals surface area contributed by atoms with Gasteiger partial charge < -0.3 is 20.8 Å². The highest BCUT2D eigenvalue weighted by Crippen LogP contribution is 2.40. The second kappa shape index (κ2) is 8.79. The summed E-state index contributed by atoms with van der Waals surface area (Å²) in [7, 11) is 0. The molecule has 4 N–H and O–H groups in total. The summed E-state index contributed by atoms with van der Waals surface area (Å²) in [5.74, 6) is 2.27. The van der Waals surface area contributed by atoms with Gasteiger partial charge in [0.15, 0.2) is 0 Å². The zero-order valence-electron chi connectivity index (χ0n) is 17.3. The van der Waals surface area contributed by atoms with Crippen LogP contribution in [0.2, 0.25) is 0 Å². The SMILES string of the molecule is CC(C)(O)C1CCC(C(=O)N2CCC(C3CCCC(CN)C3)CC2)CC1O. The lowest BCUT2D eigenvalue weighted by Gasteiger charge is -2.42. The van der Waals surface area contributed by atoms with Gasteiger partial charge in [0.1, 0.15) is 0 Å². The number of piperidine rings is 1. The van der Waals surface area contributed by atoms with E-state index >= 15 is 0 Å². The highest BCUT2D eigenvalue weighted by atomic mass is 16.3. The minimum absolute atomic E-state index is 0.0774. The molecule has 3 fully saturated rings. The number of amides is 1. The van der Waals surface area contributed by atoms with Gasteiger partial charge in [0, 0.05) is 24.9 Å². The number of hydrogen-bond acceptors (Lipinski definition) is 4. The maximum Gasteiger partial charge on any atom is 0.225 e. The largest absolute Gasteiger partial charge is 0.393 e. The summed E-state index contributed by atoms with van der Waals surface area (Å²) in [6, 6.07) is 0. The molecular weight excluding hydrogens is 340 g/mol. The number of carbonyl (C=O) groups excluding carboxylic acids is 1. The number of nitrogens with zero attached hydrogens (tertiary/aromatic N) is 1. The van der Waals surface area contributed by atoms with Gasteiger partial charge in [0.2, 0.25) is 5.91 Å². The first kappa shape index (κ1) is 21.1. The molecule has 0 aromatic heterocycles. The molecule has 0 spiro atoms. The summed E-state index contributed by atoms with van der Waals surface area (Å²) in [6.07, 6.45) is 8.88. The molecule has 2 saturated carbocycles. The van der Waals surface area contributed by atoms with Crippen molar-refractivity contribution in [2.24, 2.45) is 35.3 Å². The minimum Gasteiger partial charge on any atom is -0.393 e. The third kappa shape index (κ3) is 5.04. The summed E-state index contributed by atoms with van der Waals surface area (Å²) < 4.78 is 0. The molecule has 156 valence electrons. The summed E-state index contributed by atoms with van der Waals surface area (Å²) in [4.78, 5) is 15.0. The van der Waals surface area contributed by atoms with Crippen molar-refractivity contribution in [2.75, 3.05) is 19.6 Å². The number of aliphatic hydroxyl groups is 2. The maximum atomic E-state index is 13.0. The second-order valence-electron chi connectivity index (χ2n) is 10.0. The summed E-state index contributed by atoms with van der Waals surface area (Å²) in [5.41, 5.74) is 5.02. The summed E-state index contributed by atoms with van der Waals surface area (Å²) in [5, 5.41) is 20.7. The molecule has 5 atom stereocenters. The van der Waals surface area contributed by atoms with Gasteiger partial charge in [-0.05, 0) is 83.1 Å². The average molecular weight is 381 g/mol. The van der Waals surface area contributed by atoms with E-state index in [2.05, 4.69) is 0 Å². The summed E-state index contributed by atoms with van der Waals surface area (Å²) in [6.45, 7) is 6.08. The van der Waals surface area contributed by atoms with Crippen molar-refractivity contribution in [2.45, 2.75) is 83.3 Å². The fourth-order valence-corrected chi connectivity index (χ4v) is 6.02. The Kier molecular flexibility index (Phi) is 6.86. The van der Waals surface area contributed by atoms with Crippen LogP contribution >= 0.6 is 0 Å². The molecule has 1 aliphatic heterocycles. The standard InChI is InChI=1S/C22H40N2O3/c1-22(2,27)19-7-6-18(13-20(19)25)21(26)24-10-8-16(9-11-24)17-5-3-4-15(12-17)14-23/h15-20,25,27H,3-14,23H2,1-2H3. The van der Waals surface area contributed by atoms with Crippen molar-refractivity contribution in [1.29, 1.82) is 0 Å². The molecule has 0 aromatic carbocycles. The smallest absolute Gasteiger partial charge is 0.225 e. The highest BCUT2D eigenvalue weighted by molar-refractivity contribution is 5.79. The van der Waals surface area contributed by atoms with Crippen LogP contribution in [0.4, 0.5) is 0 Å². The Morgan fingerprint density at radius 3 is 2.33 bits per heavy atom. The molecule has 0 aromatic rings. The Labute approximate surface area is 164 Å². The van der Waals surface area contributed by atoms with Gasteiger partial charge in [0.05, 0.1) is 11.7 Å². The summed E-state index contributed by atoms with van der Waals surface area (Å²) >= 11 is 0. The van der Waals surface area contributed by atoms with E-state index < -0.39 is 11.7 Å². The maximum absolute atomic E-state index is 13.0. The van der Waals surface area contributed by atoms with Crippen LogP contribution in [0, 0.1) is 29.6 Å². The molecule has 3 aliphatic rings. The van der Waals surface area contributed by atoms with Crippen LogP contribution in [0.5, 0.6) is 0 Å². The van der Waals surface area contributed by atoms with E-state index in [9.17, 15) is 15.0 Å². The molecule has 2 aliphatic carbocycles. The quantitative estimate of drug-likeness (QED) is 0.699. The van der Waals surface area contributed by atoms with E-state index in [0.29, 0.717) is 12.3 Å². The first-order valence-electron chi connectivity index (χ1n) is 11.2. The van der Waals surface area contributed by atoms with E-state index in [0.717, 1.165) is 57.2 Å². The van der Waals surface area contributed by atoms with Gasteiger partial charge >= 0.3 is 0 Å². The number of likely N-dealkylation sites (tertiary alicyclic amines) is 1. The molecule has 1 amide bonds. The normalized spacial score (nSPS) is 36.6. The van der Waals surface area contributed by atoms with E-state index in [1.165, 1.54) is 25.7 Å². The molecule has 5 nitrogen and oxygen atoms in total. The Morgan fingerprint density at radius 1 is 1.04 bits per heavy atom. The van der Waals surface area contributed by atoms with E-state index in [1.54, 1.807) is 13.8 Å². The van der Waals surface area contributed by atoms with Crippen LogP contribution in [0.3, 0.4) is 0 Å². The van der Waals surface area contributed by atoms with Crippen LogP contribution < -0.4 is 5.73 Å². The number of carbonyl (C=O) groups is 1. The predicted molar refractivity (Wildman–Crippen MR) is 107 cm³/mol. The van der Waals surface area contributed by atoms with Crippen molar-refractivity contribution in [3.05, 3.63) is 0 Å². The molecule has 5 unspecified atom stereocenters. The van der Waals surface area contributed by atoms with Gasteiger partial charge in [-0.1, -0.05) is 12.8 Å². The molecular formula is C22H40N2O3. The second-order valence-corrected chi connectivity index (χ2v) is 10.0. The molecule has 5 heteroatoms. The Bertz CT molecular complexity index is 496. The van der Waals surface area contributed by atoms with Crippen LogP contribution in [0.1, 0.15) is 71.6 Å². The number of rotatable bonds is 4. The van der Waals surface area contributed by atoms with Crippen molar-refractivity contribution in [3.63, 3.8) is 0 Å². The first-order chi connectivity index (χ1) is 12.8. The lowest BCUT2D eigenvalue weighted by molar-refractivity contribution is -0.143. The zero-order valence-corrected chi connectivity index (χ0v) is 17.3. The Hall–Kier alpha value is -0.650. The zero-order chi connectivity index (χ0) is 19.6. The van der Waals surface area contributed by atoms with E-state index in [1.807, 2.05) is 4.90 Å². The lowest BCUT2D eigenvalue weighted by atomic mass is 9.71. The van der Waals surface area contributed by atoms with Crippen molar-refractivity contribution >= 4 is 5.91 Å². The fourth-order valence-electron chi connectivity index (χ4n) is 6.02. The van der Waals surface area contributed by atoms with Gasteiger partial charge in [-0.2, -0.15) is 0 Å². The highest BCUT2D eigenvalue weighted by Gasteiger charge is 2.41. The third-order valence-electron chi connectivity index (χ3n) is 7.75. The number of aliphatic hydroxyl groups excluding tert-OH is 1. The van der Waals surface area contributed by atoms with Crippen LogP contribution in [0.25, 0.3) is 0 Å². The van der Waals surface area contributed by atoms with E-state index in [-0.39, 0.29) is 17.7 Å². The van der Waals surface area contributed by atoms with Crippen LogP contribution in [-0.4, -0.2) is 52.4 Å². The average Bonchev–Trinajstić information content (AvgIpc) is 2.66. The molecule has 0 bridgehead atoms. The van der Waals surface area contributed by atoms with Gasteiger partial charge in [-0.15, -0.1) is 0 Å². The Balaban J connectivity index is 1.48. The van der Waals surface area contributed by atoms with Gasteiger partial charge in [-0.3, -0.25) is 4.79 Å². The van der Waals surface area contributed by atoms with Crippen molar-refractivity contribution < 1.29 is 15.0 Å². The van der Waals surface area contributed by atoms with E-state index in [4.69, 9.17) is 5.73 Å². The van der Waals surface area contributed by atoms with Crippen LogP contribution in [0.15, 0.2) is 0 Å². The third-order valence-corrected chi connectivity index (χ3v) is 7.75. The molecule has 1 heterocycles. The monoisotopic (exact) mass is 380 g/mol. The van der Waals surface area contributed by atoms with Crippen LogP contribution in [-0.2, 0) is 4.79 Å². The first-order valence-corrected chi connectivity index (χ1v) is 11.2. The lowest BCUT2D eigenvalue weighted by Crippen LogP contribution is -2.48. The molecule has 27 heavy (non-hydrogen) atoms. The molecule has 3 rings (SSSR count). The number of nitrogens with two attached hydrogens (primary N) is 1. The molecule has 1 saturated heterocycles. The minimum atomic E-state index is -0.882. The van der Waals surface area contributed by atoms with Crippen molar-refractivity contribution in [3.8, 4) is 0 Å². The number of hydrogen-bond donors (Lipinski definition) is 3. The van der Waals surface area contributed by atoms with Gasteiger partial charge in [0.25, 0.3) is 0 Å². The topological polar surface area (TPSA) is 86.8 Å².